The number of hydrogen-bond acceptors (Lipinski definition) is 2. The quantitative estimate of drug-likeness (QED) is 0.774. The van der Waals surface area contributed by atoms with Crippen LogP contribution in [0.3, 0.4) is 0 Å². The predicted octanol–water partition coefficient (Wildman–Crippen LogP) is 4.44. The highest BCUT2D eigenvalue weighted by molar-refractivity contribution is 6.74. The summed E-state index contributed by atoms with van der Waals surface area (Å²) in [5, 5.41) is 9.98. The van der Waals surface area contributed by atoms with E-state index in [4.69, 9.17) is 4.43 Å². The molecule has 0 radical (unpaired) electrons. The van der Waals surface area contributed by atoms with E-state index in [0.717, 1.165) is 13.0 Å². The minimum Gasteiger partial charge on any atom is -0.417 e. The molecule has 0 heterocycles. The molecule has 114 valence electrons. The fraction of sp³-hybridized carbons (Fsp3) is 1.00. The third-order valence-electron chi connectivity index (χ3n) is 6.42. The van der Waals surface area contributed by atoms with Gasteiger partial charge in [0.2, 0.25) is 0 Å². The number of aliphatic hydroxyl groups is 1. The van der Waals surface area contributed by atoms with Crippen LogP contribution in [0.1, 0.15) is 54.4 Å². The Morgan fingerprint density at radius 2 is 1.74 bits per heavy atom. The molecule has 1 aliphatic rings. The Labute approximate surface area is 121 Å². The summed E-state index contributed by atoms with van der Waals surface area (Å²) in [5.74, 6) is 0.568. The monoisotopic (exact) mass is 286 g/mol. The van der Waals surface area contributed by atoms with Crippen LogP contribution in [-0.4, -0.2) is 26.6 Å². The minimum atomic E-state index is -1.65. The molecule has 0 bridgehead atoms. The van der Waals surface area contributed by atoms with Gasteiger partial charge in [-0.05, 0) is 47.7 Å². The Balaban J connectivity index is 2.71. The molecule has 0 spiro atoms. The van der Waals surface area contributed by atoms with Crippen molar-refractivity contribution in [3.05, 3.63) is 0 Å². The van der Waals surface area contributed by atoms with Crippen LogP contribution in [0.25, 0.3) is 0 Å². The normalized spacial score (nSPS) is 31.7. The maximum absolute atomic E-state index is 9.70. The van der Waals surface area contributed by atoms with Crippen molar-refractivity contribution in [2.75, 3.05) is 13.2 Å². The van der Waals surface area contributed by atoms with E-state index >= 15 is 0 Å². The lowest BCUT2D eigenvalue weighted by atomic mass is 9.66. The molecule has 0 aromatic rings. The van der Waals surface area contributed by atoms with Crippen molar-refractivity contribution in [2.45, 2.75) is 72.5 Å². The highest BCUT2D eigenvalue weighted by atomic mass is 28.4. The highest BCUT2D eigenvalue weighted by Gasteiger charge is 2.51. The Bertz CT molecular complexity index is 317. The fourth-order valence-corrected chi connectivity index (χ4v) is 3.82. The topological polar surface area (TPSA) is 29.5 Å². The Kier molecular flexibility index (Phi) is 4.67. The van der Waals surface area contributed by atoms with Crippen LogP contribution in [-0.2, 0) is 4.43 Å². The van der Waals surface area contributed by atoms with Gasteiger partial charge < -0.3 is 9.53 Å². The van der Waals surface area contributed by atoms with E-state index in [2.05, 4.69) is 54.6 Å². The molecule has 0 amide bonds. The molecule has 3 heteroatoms. The molecule has 1 N–H and O–H groups in total. The van der Waals surface area contributed by atoms with Crippen LogP contribution in [0.4, 0.5) is 0 Å². The molecule has 1 aliphatic carbocycles. The third-order valence-corrected chi connectivity index (χ3v) is 10.9. The van der Waals surface area contributed by atoms with Gasteiger partial charge in [-0.3, -0.25) is 0 Å². The molecule has 0 unspecified atom stereocenters. The Morgan fingerprint density at radius 1 is 1.21 bits per heavy atom. The van der Waals surface area contributed by atoms with Crippen molar-refractivity contribution in [3.8, 4) is 0 Å². The molecule has 2 atom stereocenters. The molecule has 0 aliphatic heterocycles. The van der Waals surface area contributed by atoms with Gasteiger partial charge in [0.1, 0.15) is 0 Å². The number of aliphatic hydroxyl groups excluding tert-OH is 1. The number of hydrogen-bond donors (Lipinski definition) is 1. The van der Waals surface area contributed by atoms with Gasteiger partial charge in [0, 0.05) is 13.2 Å². The van der Waals surface area contributed by atoms with Crippen LogP contribution >= 0.6 is 0 Å². The average molecular weight is 287 g/mol. The van der Waals surface area contributed by atoms with Gasteiger partial charge in [-0.1, -0.05) is 41.5 Å². The first-order chi connectivity index (χ1) is 8.37. The van der Waals surface area contributed by atoms with Crippen molar-refractivity contribution in [1.29, 1.82) is 0 Å². The summed E-state index contributed by atoms with van der Waals surface area (Å²) in [4.78, 5) is 0. The zero-order valence-electron chi connectivity index (χ0n) is 14.3. The molecular formula is C16H34O2Si. The smallest absolute Gasteiger partial charge is 0.191 e. The van der Waals surface area contributed by atoms with Crippen LogP contribution in [0.2, 0.25) is 18.1 Å². The molecule has 0 aromatic carbocycles. The van der Waals surface area contributed by atoms with Gasteiger partial charge in [0.15, 0.2) is 8.32 Å². The largest absolute Gasteiger partial charge is 0.417 e. The summed E-state index contributed by atoms with van der Waals surface area (Å²) in [6, 6.07) is 0. The molecule has 2 nitrogen and oxygen atoms in total. The van der Waals surface area contributed by atoms with Crippen LogP contribution in [0, 0.1) is 16.7 Å². The third kappa shape index (κ3) is 3.08. The van der Waals surface area contributed by atoms with E-state index in [0.29, 0.717) is 5.92 Å². The molecule has 0 aromatic heterocycles. The average Bonchev–Trinajstić information content (AvgIpc) is 2.47. The first-order valence-corrected chi connectivity index (χ1v) is 10.5. The predicted molar refractivity (Wildman–Crippen MR) is 84.8 cm³/mol. The molecule has 1 fully saturated rings. The van der Waals surface area contributed by atoms with Gasteiger partial charge in [0.05, 0.1) is 0 Å². The summed E-state index contributed by atoms with van der Waals surface area (Å²) in [6.07, 6.45) is 2.29. The first kappa shape index (κ1) is 17.2. The van der Waals surface area contributed by atoms with E-state index in [1.807, 2.05) is 0 Å². The molecule has 19 heavy (non-hydrogen) atoms. The first-order valence-electron chi connectivity index (χ1n) is 7.62. The summed E-state index contributed by atoms with van der Waals surface area (Å²) in [5.41, 5.74) is 0.207. The van der Waals surface area contributed by atoms with Crippen LogP contribution in [0.5, 0.6) is 0 Å². The fourth-order valence-electron chi connectivity index (χ4n) is 2.77. The molecular weight excluding hydrogens is 252 g/mol. The van der Waals surface area contributed by atoms with Crippen LogP contribution < -0.4 is 0 Å². The molecule has 1 saturated carbocycles. The van der Waals surface area contributed by atoms with Gasteiger partial charge in [-0.15, -0.1) is 0 Å². The summed E-state index contributed by atoms with van der Waals surface area (Å²) in [6.45, 7) is 19.5. The SMILES string of the molecule is CC1(C)[C@@H](CO[Si](C)(C)C(C)(C)C)CC[C@@]1(C)CO. The summed E-state index contributed by atoms with van der Waals surface area (Å²) >= 11 is 0. The maximum atomic E-state index is 9.70. The van der Waals surface area contributed by atoms with Crippen molar-refractivity contribution in [2.24, 2.45) is 16.7 Å². The summed E-state index contributed by atoms with van der Waals surface area (Å²) in [7, 11) is -1.65. The van der Waals surface area contributed by atoms with E-state index in [1.165, 1.54) is 6.42 Å². The molecule has 0 saturated heterocycles. The molecule has 1 rings (SSSR count). The van der Waals surface area contributed by atoms with Gasteiger partial charge in [-0.2, -0.15) is 0 Å². The second-order valence-corrected chi connectivity index (χ2v) is 13.6. The van der Waals surface area contributed by atoms with E-state index in [9.17, 15) is 5.11 Å². The lowest BCUT2D eigenvalue weighted by molar-refractivity contribution is 0.0119. The maximum Gasteiger partial charge on any atom is 0.191 e. The van der Waals surface area contributed by atoms with Gasteiger partial charge >= 0.3 is 0 Å². The van der Waals surface area contributed by atoms with Crippen molar-refractivity contribution in [1.82, 2.24) is 0 Å². The van der Waals surface area contributed by atoms with E-state index in [-0.39, 0.29) is 22.5 Å². The lowest BCUT2D eigenvalue weighted by Gasteiger charge is -2.43. The second-order valence-electron chi connectivity index (χ2n) is 8.75. The number of rotatable bonds is 4. The van der Waals surface area contributed by atoms with Crippen LogP contribution in [0.15, 0.2) is 0 Å². The highest BCUT2D eigenvalue weighted by Crippen LogP contribution is 2.56. The lowest BCUT2D eigenvalue weighted by Crippen LogP contribution is -2.44. The van der Waals surface area contributed by atoms with E-state index in [1.54, 1.807) is 0 Å². The van der Waals surface area contributed by atoms with Gasteiger partial charge in [0.25, 0.3) is 0 Å². The second kappa shape index (κ2) is 5.16. The Hall–Kier alpha value is 0.137. The minimum absolute atomic E-state index is 0.0501. The van der Waals surface area contributed by atoms with E-state index < -0.39 is 8.32 Å². The Morgan fingerprint density at radius 3 is 2.11 bits per heavy atom. The van der Waals surface area contributed by atoms with Crippen molar-refractivity contribution in [3.63, 3.8) is 0 Å². The standard InChI is InChI=1S/C16H34O2Si/c1-14(2,3)19(7,8)18-11-13-9-10-16(6,12-17)15(13,4)5/h13,17H,9-12H2,1-8H3/t13-,16+/m1/s1. The van der Waals surface area contributed by atoms with Crippen molar-refractivity contribution < 1.29 is 9.53 Å². The van der Waals surface area contributed by atoms with Crippen molar-refractivity contribution >= 4 is 8.32 Å². The van der Waals surface area contributed by atoms with Gasteiger partial charge in [-0.25, -0.2) is 0 Å². The zero-order chi connectivity index (χ0) is 15.1. The zero-order valence-corrected chi connectivity index (χ0v) is 15.3. The summed E-state index contributed by atoms with van der Waals surface area (Å²) < 4.78 is 6.41.